The van der Waals surface area contributed by atoms with Crippen LogP contribution in [-0.2, 0) is 11.3 Å². The first-order valence-electron chi connectivity index (χ1n) is 9.66. The highest BCUT2D eigenvalue weighted by Crippen LogP contribution is 2.33. The molecule has 31 heavy (non-hydrogen) atoms. The van der Waals surface area contributed by atoms with Gasteiger partial charge in [0.1, 0.15) is 11.3 Å². The van der Waals surface area contributed by atoms with E-state index < -0.39 is 0 Å². The molecule has 3 aromatic carbocycles. The molecule has 0 saturated carbocycles. The second-order valence-corrected chi connectivity index (χ2v) is 7.35. The van der Waals surface area contributed by atoms with Gasteiger partial charge in [-0.05, 0) is 48.6 Å². The molecule has 154 valence electrons. The summed E-state index contributed by atoms with van der Waals surface area (Å²) in [5.41, 5.74) is 3.81. The highest BCUT2D eigenvalue weighted by molar-refractivity contribution is 7.71. The Bertz CT molecular complexity index is 1450. The Hall–Kier alpha value is -3.91. The fourth-order valence-electron chi connectivity index (χ4n) is 3.44. The first-order chi connectivity index (χ1) is 15.1. The van der Waals surface area contributed by atoms with Crippen LogP contribution in [-0.4, -0.2) is 20.6 Å². The number of phenolic OH excluding ortho intramolecular Hbond substituents is 1. The molecular formula is C23H17N3O4S. The number of hydrogen-bond acceptors (Lipinski definition) is 6. The summed E-state index contributed by atoms with van der Waals surface area (Å²) in [6.07, 6.45) is 0.200. The molecular weight excluding hydrogens is 414 g/mol. The van der Waals surface area contributed by atoms with Gasteiger partial charge in [0.05, 0.1) is 11.1 Å². The van der Waals surface area contributed by atoms with Gasteiger partial charge in [-0.2, -0.15) is 0 Å². The molecule has 0 saturated heterocycles. The van der Waals surface area contributed by atoms with Crippen LogP contribution in [0.25, 0.3) is 33.7 Å². The van der Waals surface area contributed by atoms with Crippen LogP contribution in [0.15, 0.2) is 75.6 Å². The molecule has 8 heteroatoms. The second-order valence-electron chi connectivity index (χ2n) is 7.00. The number of carbonyl (C=O) groups excluding carboxylic acids is 1. The van der Waals surface area contributed by atoms with Gasteiger partial charge >= 0.3 is 0 Å². The van der Waals surface area contributed by atoms with Crippen LogP contribution in [0.3, 0.4) is 0 Å². The summed E-state index contributed by atoms with van der Waals surface area (Å²) in [6, 6.07) is 19.7. The lowest BCUT2D eigenvalue weighted by Gasteiger charge is -2.08. The second kappa shape index (κ2) is 7.73. The summed E-state index contributed by atoms with van der Waals surface area (Å²) in [5.74, 6) is 0.0754. The SMILES string of the molecule is O=C(CCn1c(=S)oc2ccccc21)Nc1ccc(-c2nc3ccccc3o2)c(O)c1. The summed E-state index contributed by atoms with van der Waals surface area (Å²) in [6.45, 7) is 0.384. The van der Waals surface area contributed by atoms with Crippen molar-refractivity contribution in [2.24, 2.45) is 0 Å². The number of rotatable bonds is 5. The molecule has 0 aliphatic rings. The van der Waals surface area contributed by atoms with Crippen molar-refractivity contribution in [1.29, 1.82) is 0 Å². The van der Waals surface area contributed by atoms with Crippen molar-refractivity contribution >= 4 is 46.0 Å². The number of aromatic hydroxyl groups is 1. The third-order valence-corrected chi connectivity index (χ3v) is 5.25. The molecule has 1 amide bonds. The van der Waals surface area contributed by atoms with Gasteiger partial charge < -0.3 is 19.3 Å². The van der Waals surface area contributed by atoms with Crippen LogP contribution >= 0.6 is 12.2 Å². The van der Waals surface area contributed by atoms with Gasteiger partial charge in [-0.3, -0.25) is 9.36 Å². The molecule has 0 spiro atoms. The lowest BCUT2D eigenvalue weighted by atomic mass is 10.1. The van der Waals surface area contributed by atoms with Gasteiger partial charge in [-0.1, -0.05) is 24.3 Å². The lowest BCUT2D eigenvalue weighted by Crippen LogP contribution is -2.14. The van der Waals surface area contributed by atoms with Gasteiger partial charge in [-0.15, -0.1) is 0 Å². The average molecular weight is 431 g/mol. The summed E-state index contributed by atoms with van der Waals surface area (Å²) in [5, 5.41) is 13.2. The molecule has 0 aliphatic carbocycles. The molecule has 0 radical (unpaired) electrons. The standard InChI is InChI=1S/C23H17N3O4S/c27-18-13-14(9-10-15(18)22-25-16-5-1-3-7-19(16)29-22)24-21(28)11-12-26-17-6-2-4-8-20(17)30-23(26)31/h1-10,13,27H,11-12H2,(H,24,28). The Labute approximate surface area is 181 Å². The summed E-state index contributed by atoms with van der Waals surface area (Å²) in [4.78, 5) is 17.2. The van der Waals surface area contributed by atoms with E-state index in [1.807, 2.05) is 48.5 Å². The topological polar surface area (TPSA) is 93.4 Å². The van der Waals surface area contributed by atoms with Crippen molar-refractivity contribution in [3.05, 3.63) is 71.6 Å². The Balaban J connectivity index is 1.29. The maximum Gasteiger partial charge on any atom is 0.269 e. The Morgan fingerprint density at radius 1 is 1.03 bits per heavy atom. The van der Waals surface area contributed by atoms with E-state index in [2.05, 4.69) is 10.3 Å². The van der Waals surface area contributed by atoms with Crippen molar-refractivity contribution in [1.82, 2.24) is 9.55 Å². The minimum absolute atomic E-state index is 0.0348. The first kappa shape index (κ1) is 19.1. The summed E-state index contributed by atoms with van der Waals surface area (Å²) < 4.78 is 13.0. The number of hydrogen-bond donors (Lipinski definition) is 2. The van der Waals surface area contributed by atoms with Crippen LogP contribution < -0.4 is 5.32 Å². The van der Waals surface area contributed by atoms with E-state index >= 15 is 0 Å². The van der Waals surface area contributed by atoms with E-state index in [1.54, 1.807) is 16.7 Å². The van der Waals surface area contributed by atoms with E-state index in [4.69, 9.17) is 21.1 Å². The number of para-hydroxylation sites is 4. The molecule has 5 rings (SSSR count). The van der Waals surface area contributed by atoms with Crippen molar-refractivity contribution in [2.75, 3.05) is 5.32 Å². The summed E-state index contributed by atoms with van der Waals surface area (Å²) >= 11 is 5.25. The molecule has 0 aliphatic heterocycles. The van der Waals surface area contributed by atoms with Crippen molar-refractivity contribution in [3.8, 4) is 17.2 Å². The highest BCUT2D eigenvalue weighted by atomic mass is 32.1. The minimum atomic E-state index is -0.207. The third kappa shape index (κ3) is 3.69. The van der Waals surface area contributed by atoms with E-state index in [-0.39, 0.29) is 18.1 Å². The van der Waals surface area contributed by atoms with Crippen LogP contribution in [0.1, 0.15) is 6.42 Å². The largest absolute Gasteiger partial charge is 0.507 e. The molecule has 0 atom stereocenters. The third-order valence-electron chi connectivity index (χ3n) is 4.94. The molecule has 2 heterocycles. The van der Waals surface area contributed by atoms with Crippen LogP contribution in [0.4, 0.5) is 5.69 Å². The Morgan fingerprint density at radius 3 is 2.61 bits per heavy atom. The smallest absolute Gasteiger partial charge is 0.269 e. The van der Waals surface area contributed by atoms with Gasteiger partial charge in [0, 0.05) is 24.7 Å². The van der Waals surface area contributed by atoms with E-state index in [9.17, 15) is 9.90 Å². The number of aromatic nitrogens is 2. The quantitative estimate of drug-likeness (QED) is 0.357. The first-order valence-corrected chi connectivity index (χ1v) is 10.1. The number of phenols is 1. The lowest BCUT2D eigenvalue weighted by molar-refractivity contribution is -0.116. The van der Waals surface area contributed by atoms with Crippen LogP contribution in [0, 0.1) is 4.84 Å². The fraction of sp³-hybridized carbons (Fsp3) is 0.0870. The normalized spacial score (nSPS) is 11.2. The zero-order valence-electron chi connectivity index (χ0n) is 16.2. The van der Waals surface area contributed by atoms with Crippen molar-refractivity contribution in [3.63, 3.8) is 0 Å². The number of amides is 1. The molecule has 5 aromatic rings. The van der Waals surface area contributed by atoms with Gasteiger partial charge in [-0.25, -0.2) is 4.98 Å². The predicted octanol–water partition coefficient (Wildman–Crippen LogP) is 5.51. The van der Waals surface area contributed by atoms with Crippen molar-refractivity contribution < 1.29 is 18.7 Å². The molecule has 0 fully saturated rings. The Kier molecular flexibility index (Phi) is 4.76. The zero-order chi connectivity index (χ0) is 21.4. The van der Waals surface area contributed by atoms with Gasteiger partial charge in [0.25, 0.3) is 4.84 Å². The maximum atomic E-state index is 12.4. The molecule has 0 unspecified atom stereocenters. The Morgan fingerprint density at radius 2 is 1.81 bits per heavy atom. The van der Waals surface area contributed by atoms with Gasteiger partial charge in [0.2, 0.25) is 11.8 Å². The number of oxazole rings is 2. The molecule has 2 aromatic heterocycles. The summed E-state index contributed by atoms with van der Waals surface area (Å²) in [7, 11) is 0. The highest BCUT2D eigenvalue weighted by Gasteiger charge is 2.14. The number of nitrogens with one attached hydrogen (secondary N) is 1. The fourth-order valence-corrected chi connectivity index (χ4v) is 3.72. The molecule has 0 bridgehead atoms. The number of benzene rings is 3. The van der Waals surface area contributed by atoms with E-state index in [0.717, 1.165) is 5.52 Å². The molecule has 2 N–H and O–H groups in total. The number of anilines is 1. The van der Waals surface area contributed by atoms with Crippen LogP contribution in [0.5, 0.6) is 5.75 Å². The number of fused-ring (bicyclic) bond motifs is 2. The monoisotopic (exact) mass is 431 g/mol. The molecule has 7 nitrogen and oxygen atoms in total. The number of carbonyl (C=O) groups is 1. The van der Waals surface area contributed by atoms with E-state index in [1.165, 1.54) is 6.07 Å². The average Bonchev–Trinajstić information content (AvgIpc) is 3.32. The number of nitrogens with zero attached hydrogens (tertiary/aromatic N) is 2. The minimum Gasteiger partial charge on any atom is -0.507 e. The maximum absolute atomic E-state index is 12.4. The van der Waals surface area contributed by atoms with Crippen molar-refractivity contribution in [2.45, 2.75) is 13.0 Å². The van der Waals surface area contributed by atoms with Gasteiger partial charge in [0.15, 0.2) is 11.2 Å². The van der Waals surface area contributed by atoms with E-state index in [0.29, 0.717) is 45.2 Å². The predicted molar refractivity (Wildman–Crippen MR) is 119 cm³/mol. The zero-order valence-corrected chi connectivity index (χ0v) is 17.1. The van der Waals surface area contributed by atoms with Crippen LogP contribution in [0.2, 0.25) is 0 Å². The number of aryl methyl sites for hydroxylation is 1.